The third-order valence-electron chi connectivity index (χ3n) is 4.01. The maximum atomic E-state index is 9.19. The molecular weight excluding hydrogens is 350 g/mol. The van der Waals surface area contributed by atoms with Crippen LogP contribution in [0.5, 0.6) is 10.9 Å². The lowest BCUT2D eigenvalue weighted by Gasteiger charge is -2.29. The zero-order chi connectivity index (χ0) is 17.9. The quantitative estimate of drug-likeness (QED) is 0.733. The zero-order valence-corrected chi connectivity index (χ0v) is 14.6. The summed E-state index contributed by atoms with van der Waals surface area (Å²) in [6, 6.07) is 7.24. The highest BCUT2D eigenvalue weighted by Crippen LogP contribution is 2.36. The molecule has 130 valence electrons. The largest absolute Gasteiger partial charge is 0.429 e. The fourth-order valence-electron chi connectivity index (χ4n) is 2.43. The van der Waals surface area contributed by atoms with Gasteiger partial charge in [-0.1, -0.05) is 5.10 Å². The Balaban J connectivity index is 1.66. The van der Waals surface area contributed by atoms with Gasteiger partial charge in [0.05, 0.1) is 17.2 Å². The smallest absolute Gasteiger partial charge is 0.301 e. The molecule has 2 N–H and O–H groups in total. The summed E-state index contributed by atoms with van der Waals surface area (Å²) in [4.78, 5) is 10.8. The molecule has 0 radical (unpaired) electrons. The highest BCUT2D eigenvalue weighted by atomic mass is 32.1. The Morgan fingerprint density at radius 3 is 2.69 bits per heavy atom. The van der Waals surface area contributed by atoms with Crippen molar-refractivity contribution >= 4 is 16.5 Å². The second-order valence-corrected chi connectivity index (χ2v) is 6.65. The molecule has 0 bridgehead atoms. The van der Waals surface area contributed by atoms with Gasteiger partial charge in [-0.2, -0.15) is 5.26 Å². The number of rotatable bonds is 5. The normalized spacial score (nSPS) is 13.2. The van der Waals surface area contributed by atoms with E-state index in [1.165, 1.54) is 17.8 Å². The number of hydrogen-bond donors (Lipinski definition) is 1. The summed E-state index contributed by atoms with van der Waals surface area (Å²) in [7, 11) is 0. The fourth-order valence-corrected chi connectivity index (χ4v) is 3.20. The highest BCUT2D eigenvalue weighted by Gasteiger charge is 2.20. The summed E-state index contributed by atoms with van der Waals surface area (Å²) in [6.07, 6.45) is 4.52. The summed E-state index contributed by atoms with van der Waals surface area (Å²) >= 11 is 1.38. The molecule has 1 fully saturated rings. The van der Waals surface area contributed by atoms with Crippen LogP contribution in [0.25, 0.3) is 11.4 Å². The highest BCUT2D eigenvalue weighted by molar-refractivity contribution is 7.17. The number of nitrogens with two attached hydrogens (primary N) is 1. The maximum absolute atomic E-state index is 9.19. The van der Waals surface area contributed by atoms with E-state index in [-0.39, 0.29) is 0 Å². The first-order valence-electron chi connectivity index (χ1n) is 8.08. The van der Waals surface area contributed by atoms with E-state index in [0.717, 1.165) is 23.8 Å². The van der Waals surface area contributed by atoms with Gasteiger partial charge in [-0.3, -0.25) is 0 Å². The van der Waals surface area contributed by atoms with Crippen molar-refractivity contribution in [2.24, 2.45) is 5.73 Å². The number of hydrogen-bond acceptors (Lipinski definition) is 9. The fraction of sp³-hybridized carbons (Fsp3) is 0.235. The molecule has 4 rings (SSSR count). The lowest BCUT2D eigenvalue weighted by molar-refractivity contribution is 0.474. The Kier molecular flexibility index (Phi) is 4.43. The van der Waals surface area contributed by atoms with Crippen molar-refractivity contribution in [1.82, 2.24) is 20.2 Å². The Morgan fingerprint density at radius 2 is 2.04 bits per heavy atom. The van der Waals surface area contributed by atoms with E-state index < -0.39 is 0 Å². The molecule has 0 atom stereocenters. The van der Waals surface area contributed by atoms with Crippen LogP contribution in [0.15, 0.2) is 30.6 Å². The standard InChI is InChI=1S/C17H15N7OS/c18-7-11-2-3-13(15-20-9-12(8-19)10-21-15)14(6-11)25-17-23-22-16(26-17)24-4-1-5-24/h2-3,6,9-10H,1,4-5,8,19H2. The molecule has 0 spiro atoms. The number of nitrogens with zero attached hydrogens (tertiary/aromatic N) is 6. The van der Waals surface area contributed by atoms with Gasteiger partial charge >= 0.3 is 5.19 Å². The van der Waals surface area contributed by atoms with Gasteiger partial charge in [-0.25, -0.2) is 9.97 Å². The van der Waals surface area contributed by atoms with E-state index in [2.05, 4.69) is 31.1 Å². The summed E-state index contributed by atoms with van der Waals surface area (Å²) in [5, 5.41) is 18.7. The van der Waals surface area contributed by atoms with Crippen LogP contribution in [0, 0.1) is 11.3 Å². The average Bonchev–Trinajstić information content (AvgIpc) is 3.08. The van der Waals surface area contributed by atoms with Crippen LogP contribution in [0.3, 0.4) is 0 Å². The molecule has 9 heteroatoms. The van der Waals surface area contributed by atoms with Crippen LogP contribution in [-0.4, -0.2) is 33.3 Å². The van der Waals surface area contributed by atoms with E-state index >= 15 is 0 Å². The van der Waals surface area contributed by atoms with Crippen molar-refractivity contribution in [2.75, 3.05) is 18.0 Å². The van der Waals surface area contributed by atoms with Crippen LogP contribution in [0.1, 0.15) is 17.5 Å². The van der Waals surface area contributed by atoms with Gasteiger partial charge in [0.1, 0.15) is 5.75 Å². The number of benzene rings is 1. The van der Waals surface area contributed by atoms with Gasteiger partial charge in [0.25, 0.3) is 0 Å². The minimum atomic E-state index is 0.376. The van der Waals surface area contributed by atoms with Crippen LogP contribution in [-0.2, 0) is 6.54 Å². The third-order valence-corrected chi connectivity index (χ3v) is 4.87. The summed E-state index contributed by atoms with van der Waals surface area (Å²) in [6.45, 7) is 2.36. The summed E-state index contributed by atoms with van der Waals surface area (Å²) < 4.78 is 5.92. The average molecular weight is 365 g/mol. The first kappa shape index (κ1) is 16.4. The van der Waals surface area contributed by atoms with Crippen molar-refractivity contribution in [1.29, 1.82) is 5.26 Å². The van der Waals surface area contributed by atoms with Gasteiger partial charge in [0.15, 0.2) is 5.82 Å². The van der Waals surface area contributed by atoms with Crippen LogP contribution >= 0.6 is 11.3 Å². The number of aromatic nitrogens is 4. The molecule has 0 unspecified atom stereocenters. The van der Waals surface area contributed by atoms with Crippen molar-refractivity contribution in [3.63, 3.8) is 0 Å². The van der Waals surface area contributed by atoms with E-state index in [1.807, 2.05) is 0 Å². The Morgan fingerprint density at radius 1 is 1.23 bits per heavy atom. The molecule has 1 saturated heterocycles. The first-order valence-corrected chi connectivity index (χ1v) is 8.90. The predicted molar refractivity (Wildman–Crippen MR) is 96.9 cm³/mol. The monoisotopic (exact) mass is 365 g/mol. The van der Waals surface area contributed by atoms with Crippen LogP contribution in [0.2, 0.25) is 0 Å². The van der Waals surface area contributed by atoms with Gasteiger partial charge < -0.3 is 15.4 Å². The van der Waals surface area contributed by atoms with E-state index in [0.29, 0.717) is 34.4 Å². The van der Waals surface area contributed by atoms with Crippen LogP contribution in [0.4, 0.5) is 5.13 Å². The van der Waals surface area contributed by atoms with Crippen molar-refractivity contribution < 1.29 is 4.74 Å². The van der Waals surface area contributed by atoms with E-state index in [1.54, 1.807) is 30.6 Å². The molecule has 26 heavy (non-hydrogen) atoms. The number of nitriles is 1. The Bertz CT molecular complexity index is 960. The van der Waals surface area contributed by atoms with Gasteiger partial charge in [-0.05, 0) is 36.0 Å². The third kappa shape index (κ3) is 3.20. The molecule has 0 aliphatic carbocycles. The zero-order valence-electron chi connectivity index (χ0n) is 13.8. The van der Waals surface area contributed by atoms with Crippen LogP contribution < -0.4 is 15.4 Å². The molecule has 2 aromatic heterocycles. The second-order valence-electron chi connectivity index (χ2n) is 5.73. The van der Waals surface area contributed by atoms with Crippen molar-refractivity contribution in [2.45, 2.75) is 13.0 Å². The minimum absolute atomic E-state index is 0.376. The Hall–Kier alpha value is -3.09. The summed E-state index contributed by atoms with van der Waals surface area (Å²) in [5.41, 5.74) is 7.59. The van der Waals surface area contributed by atoms with Gasteiger partial charge in [-0.15, -0.1) is 5.10 Å². The molecular formula is C17H15N7OS. The molecule has 0 amide bonds. The lowest BCUT2D eigenvalue weighted by atomic mass is 10.1. The summed E-state index contributed by atoms with van der Waals surface area (Å²) in [5.74, 6) is 0.963. The van der Waals surface area contributed by atoms with Crippen molar-refractivity contribution in [3.8, 4) is 28.4 Å². The number of anilines is 1. The topological polar surface area (TPSA) is 114 Å². The molecule has 3 heterocycles. The van der Waals surface area contributed by atoms with E-state index in [4.69, 9.17) is 10.5 Å². The predicted octanol–water partition coefficient (Wildman–Crippen LogP) is 2.33. The first-order chi connectivity index (χ1) is 12.8. The molecule has 1 aromatic carbocycles. The Labute approximate surface area is 153 Å². The minimum Gasteiger partial charge on any atom is -0.429 e. The molecule has 8 nitrogen and oxygen atoms in total. The SMILES string of the molecule is N#Cc1ccc(-c2ncc(CN)cn2)c(Oc2nnc(N3CCC3)s2)c1. The van der Waals surface area contributed by atoms with Gasteiger partial charge in [0.2, 0.25) is 5.13 Å². The molecule has 0 saturated carbocycles. The molecule has 3 aromatic rings. The molecule has 1 aliphatic heterocycles. The molecule has 1 aliphatic rings. The second kappa shape index (κ2) is 7.03. The lowest BCUT2D eigenvalue weighted by Crippen LogP contribution is -2.36. The van der Waals surface area contributed by atoms with Crippen molar-refractivity contribution in [3.05, 3.63) is 41.7 Å². The van der Waals surface area contributed by atoms with Gasteiger partial charge in [0, 0.05) is 37.6 Å². The van der Waals surface area contributed by atoms with E-state index in [9.17, 15) is 5.26 Å². The maximum Gasteiger partial charge on any atom is 0.301 e. The number of ether oxygens (including phenoxy) is 1.